The molecule has 0 amide bonds. The van der Waals surface area contributed by atoms with Crippen molar-refractivity contribution in [3.05, 3.63) is 40.7 Å². The molecule has 0 aromatic carbocycles. The monoisotopic (exact) mass is 329 g/mol. The molecular weight excluding hydrogens is 306 g/mol. The minimum Gasteiger partial charge on any atom is -0.304 e. The van der Waals surface area contributed by atoms with Crippen molar-refractivity contribution in [1.82, 2.24) is 24.2 Å². The summed E-state index contributed by atoms with van der Waals surface area (Å²) in [6.07, 6.45) is 11.0. The number of aromatic nitrogens is 4. The molecule has 0 radical (unpaired) electrons. The number of nitrogens with zero attached hydrogens (tertiary/aromatic N) is 5. The van der Waals surface area contributed by atoms with Crippen molar-refractivity contribution in [1.29, 1.82) is 0 Å². The molecule has 0 N–H and O–H groups in total. The molecular formula is C17H23N5S. The van der Waals surface area contributed by atoms with Crippen LogP contribution in [0.25, 0.3) is 0 Å². The van der Waals surface area contributed by atoms with E-state index in [1.807, 2.05) is 23.1 Å². The Morgan fingerprint density at radius 2 is 2.13 bits per heavy atom. The van der Waals surface area contributed by atoms with Crippen molar-refractivity contribution in [2.24, 2.45) is 0 Å². The third-order valence-corrected chi connectivity index (χ3v) is 5.46. The number of rotatable bonds is 3. The van der Waals surface area contributed by atoms with E-state index in [1.165, 1.54) is 43.5 Å². The van der Waals surface area contributed by atoms with Crippen molar-refractivity contribution in [2.45, 2.75) is 57.8 Å². The lowest BCUT2D eigenvalue weighted by Gasteiger charge is -2.24. The molecule has 2 aliphatic heterocycles. The molecule has 6 heteroatoms. The summed E-state index contributed by atoms with van der Waals surface area (Å²) < 4.78 is 5.17. The summed E-state index contributed by atoms with van der Waals surface area (Å²) in [5.41, 5.74) is 1.30. The van der Waals surface area contributed by atoms with Gasteiger partial charge in [0.1, 0.15) is 5.82 Å². The van der Waals surface area contributed by atoms with Crippen LogP contribution >= 0.6 is 12.2 Å². The van der Waals surface area contributed by atoms with E-state index in [1.54, 1.807) is 0 Å². The predicted molar refractivity (Wildman–Crippen MR) is 91.5 cm³/mol. The minimum atomic E-state index is 0.437. The summed E-state index contributed by atoms with van der Waals surface area (Å²) in [6.45, 7) is 2.92. The third-order valence-electron chi connectivity index (χ3n) is 5.03. The Kier molecular flexibility index (Phi) is 4.27. The summed E-state index contributed by atoms with van der Waals surface area (Å²) in [4.78, 5) is 6.76. The first-order chi connectivity index (χ1) is 11.3. The molecule has 1 fully saturated rings. The standard InChI is InChI=1S/C17H23N5S/c23-17-21-11-3-1-2-8-16(21)19-22(17)13-20-10-5-7-15(20)14-6-4-9-18-12-14/h4,6,9,12,15H,1-3,5,7-8,10-11,13H2. The first kappa shape index (κ1) is 15.0. The van der Waals surface area contributed by atoms with Crippen LogP contribution in [-0.2, 0) is 19.6 Å². The van der Waals surface area contributed by atoms with Crippen LogP contribution in [0.1, 0.15) is 49.5 Å². The van der Waals surface area contributed by atoms with Crippen LogP contribution in [0.3, 0.4) is 0 Å². The van der Waals surface area contributed by atoms with Gasteiger partial charge in [0.05, 0.1) is 6.67 Å². The van der Waals surface area contributed by atoms with Crippen molar-refractivity contribution in [2.75, 3.05) is 6.54 Å². The van der Waals surface area contributed by atoms with Gasteiger partial charge in [-0.15, -0.1) is 0 Å². The molecule has 1 saturated heterocycles. The molecule has 4 rings (SSSR count). The molecule has 122 valence electrons. The van der Waals surface area contributed by atoms with Crippen LogP contribution in [0, 0.1) is 4.77 Å². The Labute approximate surface area is 142 Å². The van der Waals surface area contributed by atoms with Gasteiger partial charge in [0, 0.05) is 37.9 Å². The van der Waals surface area contributed by atoms with Crippen molar-refractivity contribution in [3.63, 3.8) is 0 Å². The second kappa shape index (κ2) is 6.53. The Morgan fingerprint density at radius 1 is 1.17 bits per heavy atom. The molecule has 0 bridgehead atoms. The third kappa shape index (κ3) is 2.97. The summed E-state index contributed by atoms with van der Waals surface area (Å²) in [5, 5.41) is 4.82. The number of likely N-dealkylation sites (tertiary alicyclic amines) is 1. The quantitative estimate of drug-likeness (QED) is 0.810. The topological polar surface area (TPSA) is 38.9 Å². The largest absolute Gasteiger partial charge is 0.304 e. The van der Waals surface area contributed by atoms with Gasteiger partial charge in [-0.25, -0.2) is 4.68 Å². The SMILES string of the molecule is S=c1n(CN2CCCC2c2cccnc2)nc2n1CCCCC2. The molecule has 0 saturated carbocycles. The number of pyridine rings is 1. The van der Waals surface area contributed by atoms with Gasteiger partial charge in [-0.05, 0) is 49.5 Å². The Hall–Kier alpha value is -1.53. The van der Waals surface area contributed by atoms with Crippen molar-refractivity contribution in [3.8, 4) is 0 Å². The number of hydrogen-bond acceptors (Lipinski definition) is 4. The van der Waals surface area contributed by atoms with E-state index in [4.69, 9.17) is 17.3 Å². The average molecular weight is 329 g/mol. The molecule has 2 aromatic heterocycles. The van der Waals surface area contributed by atoms with Gasteiger partial charge >= 0.3 is 0 Å². The Bertz CT molecular complexity index is 720. The maximum Gasteiger partial charge on any atom is 0.199 e. The molecule has 1 unspecified atom stereocenters. The second-order valence-corrected chi connectivity index (χ2v) is 6.92. The molecule has 4 heterocycles. The smallest absolute Gasteiger partial charge is 0.199 e. The minimum absolute atomic E-state index is 0.437. The summed E-state index contributed by atoms with van der Waals surface area (Å²) in [5.74, 6) is 1.17. The van der Waals surface area contributed by atoms with Gasteiger partial charge in [0.15, 0.2) is 4.77 Å². The van der Waals surface area contributed by atoms with Crippen molar-refractivity contribution < 1.29 is 0 Å². The molecule has 0 spiro atoms. The second-order valence-electron chi connectivity index (χ2n) is 6.56. The van der Waals surface area contributed by atoms with Crippen LogP contribution in [0.15, 0.2) is 24.5 Å². The van der Waals surface area contributed by atoms with E-state index in [0.29, 0.717) is 6.04 Å². The van der Waals surface area contributed by atoms with E-state index in [-0.39, 0.29) is 0 Å². The van der Waals surface area contributed by atoms with Crippen LogP contribution in [0.4, 0.5) is 0 Å². The molecule has 5 nitrogen and oxygen atoms in total. The zero-order valence-electron chi connectivity index (χ0n) is 13.4. The normalized spacial score (nSPS) is 22.0. The lowest BCUT2D eigenvalue weighted by Crippen LogP contribution is -2.27. The highest BCUT2D eigenvalue weighted by atomic mass is 32.1. The number of fused-ring (bicyclic) bond motifs is 1. The summed E-state index contributed by atoms with van der Waals surface area (Å²) in [6, 6.07) is 4.64. The highest BCUT2D eigenvalue weighted by Gasteiger charge is 2.27. The first-order valence-electron chi connectivity index (χ1n) is 8.63. The Morgan fingerprint density at radius 3 is 3.00 bits per heavy atom. The summed E-state index contributed by atoms with van der Waals surface area (Å²) >= 11 is 5.69. The van der Waals surface area contributed by atoms with Gasteiger partial charge in [-0.2, -0.15) is 5.10 Å². The maximum absolute atomic E-state index is 5.69. The first-order valence-corrected chi connectivity index (χ1v) is 9.04. The lowest BCUT2D eigenvalue weighted by molar-refractivity contribution is 0.189. The fraction of sp³-hybridized carbons (Fsp3) is 0.588. The fourth-order valence-corrected chi connectivity index (χ4v) is 4.13. The highest BCUT2D eigenvalue weighted by molar-refractivity contribution is 7.71. The van der Waals surface area contributed by atoms with Gasteiger partial charge in [0.25, 0.3) is 0 Å². The predicted octanol–water partition coefficient (Wildman–Crippen LogP) is 3.33. The molecule has 2 aromatic rings. The van der Waals surface area contributed by atoms with E-state index in [2.05, 4.69) is 20.5 Å². The lowest BCUT2D eigenvalue weighted by atomic mass is 10.1. The summed E-state index contributed by atoms with van der Waals surface area (Å²) in [7, 11) is 0. The van der Waals surface area contributed by atoms with E-state index < -0.39 is 0 Å². The fourth-order valence-electron chi connectivity index (χ4n) is 3.84. The molecule has 0 aliphatic carbocycles. The van der Waals surface area contributed by atoms with Crippen LogP contribution in [0.2, 0.25) is 0 Å². The van der Waals surface area contributed by atoms with Crippen molar-refractivity contribution >= 4 is 12.2 Å². The molecule has 2 aliphatic rings. The van der Waals surface area contributed by atoms with E-state index in [0.717, 1.165) is 31.0 Å². The van der Waals surface area contributed by atoms with Gasteiger partial charge in [-0.3, -0.25) is 9.88 Å². The van der Waals surface area contributed by atoms with E-state index in [9.17, 15) is 0 Å². The van der Waals surface area contributed by atoms with Gasteiger partial charge < -0.3 is 4.57 Å². The highest BCUT2D eigenvalue weighted by Crippen LogP contribution is 2.31. The zero-order chi connectivity index (χ0) is 15.6. The van der Waals surface area contributed by atoms with Gasteiger partial charge in [-0.1, -0.05) is 12.5 Å². The zero-order valence-corrected chi connectivity index (χ0v) is 14.2. The Balaban J connectivity index is 1.57. The van der Waals surface area contributed by atoms with Crippen LogP contribution < -0.4 is 0 Å². The average Bonchev–Trinajstić information content (AvgIpc) is 3.06. The number of hydrogen-bond donors (Lipinski definition) is 0. The van der Waals surface area contributed by atoms with E-state index >= 15 is 0 Å². The van der Waals surface area contributed by atoms with Crippen LogP contribution in [-0.4, -0.2) is 30.8 Å². The van der Waals surface area contributed by atoms with Crippen LogP contribution in [0.5, 0.6) is 0 Å². The molecule has 23 heavy (non-hydrogen) atoms. The molecule has 1 atom stereocenters. The maximum atomic E-state index is 5.69. The number of aryl methyl sites for hydroxylation is 1. The van der Waals surface area contributed by atoms with Gasteiger partial charge in [0.2, 0.25) is 0 Å².